The number of aliphatic imine (C=N–C) groups is 1. The van der Waals surface area contributed by atoms with Crippen LogP contribution < -0.4 is 4.90 Å². The molecule has 0 aliphatic carbocycles. The summed E-state index contributed by atoms with van der Waals surface area (Å²) in [6.45, 7) is 0. The van der Waals surface area contributed by atoms with Crippen LogP contribution >= 0.6 is 11.8 Å². The zero-order chi connectivity index (χ0) is 18.0. The molecule has 3 aromatic rings. The number of hydrogen-bond acceptors (Lipinski definition) is 3. The van der Waals surface area contributed by atoms with Gasteiger partial charge in [-0.2, -0.15) is 4.99 Å². The molecular formula is C22H18N2OS. The smallest absolute Gasteiger partial charge is 0.283 e. The van der Waals surface area contributed by atoms with Crippen molar-refractivity contribution in [3.8, 4) is 0 Å². The van der Waals surface area contributed by atoms with E-state index in [1.54, 1.807) is 0 Å². The summed E-state index contributed by atoms with van der Waals surface area (Å²) in [5.74, 6) is -0.164. The Kier molecular flexibility index (Phi) is 4.35. The Morgan fingerprint density at radius 2 is 1.23 bits per heavy atom. The lowest BCUT2D eigenvalue weighted by molar-refractivity contribution is -0.120. The normalized spacial score (nSPS) is 15.8. The number of para-hydroxylation sites is 1. The van der Waals surface area contributed by atoms with Gasteiger partial charge in [0.05, 0.1) is 0 Å². The fraction of sp³-hybridized carbons (Fsp3) is 0.0909. The van der Waals surface area contributed by atoms with Crippen molar-refractivity contribution in [1.82, 2.24) is 0 Å². The molecule has 26 heavy (non-hydrogen) atoms. The highest BCUT2D eigenvalue weighted by atomic mass is 32.2. The number of benzene rings is 3. The predicted molar refractivity (Wildman–Crippen MR) is 109 cm³/mol. The Labute approximate surface area is 157 Å². The van der Waals surface area contributed by atoms with Crippen molar-refractivity contribution in [2.24, 2.45) is 4.99 Å². The third-order valence-corrected chi connectivity index (χ3v) is 5.25. The molecule has 3 aromatic carbocycles. The summed E-state index contributed by atoms with van der Waals surface area (Å²) < 4.78 is 0. The third-order valence-electron chi connectivity index (χ3n) is 4.61. The van der Waals surface area contributed by atoms with Crippen LogP contribution in [0.5, 0.6) is 0 Å². The van der Waals surface area contributed by atoms with E-state index >= 15 is 0 Å². The van der Waals surface area contributed by atoms with Gasteiger partial charge in [-0.1, -0.05) is 90.6 Å². The monoisotopic (exact) mass is 358 g/mol. The minimum atomic E-state index is -0.998. The van der Waals surface area contributed by atoms with E-state index < -0.39 is 5.54 Å². The highest BCUT2D eigenvalue weighted by molar-refractivity contribution is 8.13. The average Bonchev–Trinajstić information content (AvgIpc) is 3.03. The number of rotatable bonds is 3. The molecule has 4 rings (SSSR count). The number of hydrogen-bond donors (Lipinski definition) is 0. The van der Waals surface area contributed by atoms with E-state index in [1.807, 2.05) is 97.3 Å². The van der Waals surface area contributed by atoms with Crippen molar-refractivity contribution < 1.29 is 4.79 Å². The SMILES string of the molecule is CSC1=NC(=O)C(c2ccccc2)(c2ccccc2)N1c1ccccc1. The lowest BCUT2D eigenvalue weighted by Crippen LogP contribution is -2.49. The number of amidine groups is 1. The summed E-state index contributed by atoms with van der Waals surface area (Å²) in [6.07, 6.45) is 1.95. The molecule has 1 aliphatic heterocycles. The van der Waals surface area contributed by atoms with Crippen LogP contribution in [0.4, 0.5) is 5.69 Å². The van der Waals surface area contributed by atoms with Crippen molar-refractivity contribution in [2.75, 3.05) is 11.2 Å². The molecule has 0 aromatic heterocycles. The fourth-order valence-electron chi connectivity index (χ4n) is 3.51. The van der Waals surface area contributed by atoms with E-state index in [0.29, 0.717) is 5.17 Å². The molecule has 0 radical (unpaired) electrons. The van der Waals surface area contributed by atoms with Gasteiger partial charge in [0.15, 0.2) is 10.7 Å². The van der Waals surface area contributed by atoms with Gasteiger partial charge in [-0.25, -0.2) is 0 Å². The zero-order valence-corrected chi connectivity index (χ0v) is 15.2. The average molecular weight is 358 g/mol. The van der Waals surface area contributed by atoms with Crippen LogP contribution in [0, 0.1) is 0 Å². The minimum absolute atomic E-state index is 0.164. The topological polar surface area (TPSA) is 32.7 Å². The summed E-state index contributed by atoms with van der Waals surface area (Å²) in [7, 11) is 0. The first kappa shape index (κ1) is 16.6. The molecule has 0 saturated carbocycles. The van der Waals surface area contributed by atoms with E-state index in [0.717, 1.165) is 16.8 Å². The summed E-state index contributed by atoms with van der Waals surface area (Å²) in [6, 6.07) is 29.8. The molecule has 1 aliphatic rings. The van der Waals surface area contributed by atoms with Gasteiger partial charge < -0.3 is 0 Å². The lowest BCUT2D eigenvalue weighted by Gasteiger charge is -2.39. The summed E-state index contributed by atoms with van der Waals surface area (Å²) in [5, 5.41) is 0.703. The van der Waals surface area contributed by atoms with Gasteiger partial charge in [-0.05, 0) is 29.5 Å². The fourth-order valence-corrected chi connectivity index (χ4v) is 4.10. The Hall–Kier alpha value is -2.85. The van der Waals surface area contributed by atoms with Gasteiger partial charge in [0.25, 0.3) is 5.91 Å². The maximum Gasteiger partial charge on any atom is 0.283 e. The van der Waals surface area contributed by atoms with Crippen LogP contribution in [-0.4, -0.2) is 17.3 Å². The standard InChI is InChI=1S/C22H18N2OS/c1-26-21-23-20(25)22(17-11-5-2-6-12-17,18-13-7-3-8-14-18)24(21)19-15-9-4-10-16-19/h2-16H,1H3. The number of anilines is 1. The first-order valence-electron chi connectivity index (χ1n) is 8.42. The molecule has 0 fully saturated rings. The molecule has 128 valence electrons. The maximum absolute atomic E-state index is 13.4. The van der Waals surface area contributed by atoms with Crippen LogP contribution in [0.3, 0.4) is 0 Å². The molecule has 4 heteroatoms. The van der Waals surface area contributed by atoms with Gasteiger partial charge in [0.1, 0.15) is 0 Å². The Morgan fingerprint density at radius 3 is 1.69 bits per heavy atom. The molecular weight excluding hydrogens is 340 g/mol. The molecule has 1 heterocycles. The summed E-state index contributed by atoms with van der Waals surface area (Å²) in [4.78, 5) is 19.9. The maximum atomic E-state index is 13.4. The van der Waals surface area contributed by atoms with E-state index in [2.05, 4.69) is 9.89 Å². The van der Waals surface area contributed by atoms with E-state index in [-0.39, 0.29) is 5.91 Å². The minimum Gasteiger partial charge on any atom is -0.297 e. The first-order valence-corrected chi connectivity index (χ1v) is 9.64. The molecule has 0 N–H and O–H groups in total. The number of nitrogens with zero attached hydrogens (tertiary/aromatic N) is 2. The van der Waals surface area contributed by atoms with Crippen LogP contribution in [0.2, 0.25) is 0 Å². The van der Waals surface area contributed by atoms with Gasteiger partial charge in [0.2, 0.25) is 0 Å². The van der Waals surface area contributed by atoms with Crippen molar-refractivity contribution in [2.45, 2.75) is 5.54 Å². The molecule has 0 saturated heterocycles. The second kappa shape index (κ2) is 6.81. The predicted octanol–water partition coefficient (Wildman–Crippen LogP) is 4.70. The highest BCUT2D eigenvalue weighted by Crippen LogP contribution is 2.45. The first-order chi connectivity index (χ1) is 12.8. The number of thioether (sulfide) groups is 1. The third kappa shape index (κ3) is 2.45. The van der Waals surface area contributed by atoms with Gasteiger partial charge in [0, 0.05) is 5.69 Å². The Morgan fingerprint density at radius 1 is 0.769 bits per heavy atom. The van der Waals surface area contributed by atoms with Crippen LogP contribution in [0.15, 0.2) is 96.0 Å². The van der Waals surface area contributed by atoms with Gasteiger partial charge in [-0.3, -0.25) is 9.69 Å². The largest absolute Gasteiger partial charge is 0.297 e. The molecule has 0 bridgehead atoms. The zero-order valence-electron chi connectivity index (χ0n) is 14.4. The number of carbonyl (C=O) groups is 1. The number of amides is 1. The molecule has 0 spiro atoms. The summed E-state index contributed by atoms with van der Waals surface area (Å²) >= 11 is 1.49. The van der Waals surface area contributed by atoms with E-state index in [1.165, 1.54) is 11.8 Å². The van der Waals surface area contributed by atoms with Gasteiger partial charge in [-0.15, -0.1) is 0 Å². The van der Waals surface area contributed by atoms with Crippen LogP contribution in [0.25, 0.3) is 0 Å². The number of carbonyl (C=O) groups excluding carboxylic acids is 1. The summed E-state index contributed by atoms with van der Waals surface area (Å²) in [5.41, 5.74) is 1.77. The van der Waals surface area contributed by atoms with Crippen LogP contribution in [0.1, 0.15) is 11.1 Å². The Bertz CT molecular complexity index is 900. The quantitative estimate of drug-likeness (QED) is 0.680. The second-order valence-corrected chi connectivity index (χ2v) is 6.79. The molecule has 0 atom stereocenters. The highest BCUT2D eigenvalue weighted by Gasteiger charge is 2.53. The van der Waals surface area contributed by atoms with Crippen molar-refractivity contribution in [3.05, 3.63) is 102 Å². The van der Waals surface area contributed by atoms with Gasteiger partial charge >= 0.3 is 0 Å². The Balaban J connectivity index is 2.05. The second-order valence-electron chi connectivity index (χ2n) is 6.02. The lowest BCUT2D eigenvalue weighted by atomic mass is 9.81. The van der Waals surface area contributed by atoms with Crippen molar-refractivity contribution in [1.29, 1.82) is 0 Å². The van der Waals surface area contributed by atoms with Crippen molar-refractivity contribution >= 4 is 28.5 Å². The van der Waals surface area contributed by atoms with Crippen LogP contribution in [-0.2, 0) is 10.3 Å². The van der Waals surface area contributed by atoms with E-state index in [4.69, 9.17) is 0 Å². The molecule has 3 nitrogen and oxygen atoms in total. The molecule has 1 amide bonds. The van der Waals surface area contributed by atoms with E-state index in [9.17, 15) is 4.79 Å². The van der Waals surface area contributed by atoms with Crippen molar-refractivity contribution in [3.63, 3.8) is 0 Å². The molecule has 0 unspecified atom stereocenters.